The number of nitrogens with zero attached hydrogens (tertiary/aromatic N) is 2. The molecule has 1 amide bonds. The molecule has 1 N–H and O–H groups in total. The maximum atomic E-state index is 12.5. The van der Waals surface area contributed by atoms with Gasteiger partial charge in [-0.05, 0) is 19.4 Å². The molecule has 0 radical (unpaired) electrons. The Labute approximate surface area is 111 Å². The topological polar surface area (TPSA) is 75.5 Å². The van der Waals surface area contributed by atoms with Crippen molar-refractivity contribution in [2.24, 2.45) is 0 Å². The first-order valence-electron chi connectivity index (χ1n) is 6.32. The first kappa shape index (κ1) is 13.5. The molecule has 0 saturated carbocycles. The van der Waals surface area contributed by atoms with E-state index in [4.69, 9.17) is 0 Å². The molecule has 1 aromatic carbocycles. The summed E-state index contributed by atoms with van der Waals surface area (Å²) in [5.41, 5.74) is 0.738. The molecule has 1 aliphatic rings. The summed E-state index contributed by atoms with van der Waals surface area (Å²) >= 11 is 0. The summed E-state index contributed by atoms with van der Waals surface area (Å²) in [7, 11) is 0. The fourth-order valence-electron chi connectivity index (χ4n) is 2.29. The fourth-order valence-corrected chi connectivity index (χ4v) is 2.29. The van der Waals surface area contributed by atoms with Crippen molar-refractivity contribution >= 4 is 11.6 Å². The predicted octanol–water partition coefficient (Wildman–Crippen LogP) is 1.34. The third-order valence-electron chi connectivity index (χ3n) is 3.46. The molecule has 0 spiro atoms. The molecular formula is C13H17N3O3. The number of carbonyl (C=O) groups excluding carboxylic acids is 1. The molecule has 1 saturated heterocycles. The molecule has 6 heteroatoms. The van der Waals surface area contributed by atoms with Gasteiger partial charge in [0.05, 0.1) is 11.0 Å². The second-order valence-corrected chi connectivity index (χ2v) is 4.63. The van der Waals surface area contributed by atoms with Crippen molar-refractivity contribution in [1.29, 1.82) is 0 Å². The minimum atomic E-state index is -0.493. The predicted molar refractivity (Wildman–Crippen MR) is 71.2 cm³/mol. The zero-order valence-corrected chi connectivity index (χ0v) is 11.0. The van der Waals surface area contributed by atoms with Crippen LogP contribution in [0.25, 0.3) is 0 Å². The lowest BCUT2D eigenvalue weighted by atomic mass is 10.0. The van der Waals surface area contributed by atoms with E-state index in [1.165, 1.54) is 6.07 Å². The van der Waals surface area contributed by atoms with Gasteiger partial charge in [0.25, 0.3) is 11.6 Å². The molecule has 0 atom stereocenters. The number of nitro groups is 1. The minimum absolute atomic E-state index is 0.115. The molecule has 0 aromatic heterocycles. The normalized spacial score (nSPS) is 14.8. The summed E-state index contributed by atoms with van der Waals surface area (Å²) < 4.78 is 0. The minimum Gasteiger partial charge on any atom is -0.333 e. The van der Waals surface area contributed by atoms with Crippen molar-refractivity contribution in [2.45, 2.75) is 19.9 Å². The van der Waals surface area contributed by atoms with E-state index in [-0.39, 0.29) is 23.2 Å². The Morgan fingerprint density at radius 2 is 2.21 bits per heavy atom. The summed E-state index contributed by atoms with van der Waals surface area (Å²) in [4.78, 5) is 24.8. The summed E-state index contributed by atoms with van der Waals surface area (Å²) in [6.45, 7) is 5.67. The van der Waals surface area contributed by atoms with Gasteiger partial charge in [-0.3, -0.25) is 14.9 Å². The number of hydrogen-bond donors (Lipinski definition) is 1. The lowest BCUT2D eigenvalue weighted by Crippen LogP contribution is -2.58. The van der Waals surface area contributed by atoms with E-state index in [1.54, 1.807) is 24.0 Å². The molecule has 0 aliphatic carbocycles. The molecule has 1 aliphatic heterocycles. The zero-order chi connectivity index (χ0) is 14.0. The smallest absolute Gasteiger partial charge is 0.282 e. The zero-order valence-electron chi connectivity index (χ0n) is 11.0. The Bertz CT molecular complexity index is 512. The molecule has 1 fully saturated rings. The third kappa shape index (κ3) is 2.44. The van der Waals surface area contributed by atoms with Crippen molar-refractivity contribution in [3.05, 3.63) is 39.4 Å². The van der Waals surface area contributed by atoms with Crippen LogP contribution in [0.2, 0.25) is 0 Å². The summed E-state index contributed by atoms with van der Waals surface area (Å²) in [5, 5.41) is 14.2. The van der Waals surface area contributed by atoms with Gasteiger partial charge in [-0.2, -0.15) is 0 Å². The Hall–Kier alpha value is -1.95. The summed E-state index contributed by atoms with van der Waals surface area (Å²) in [6, 6.07) is 4.85. The lowest BCUT2D eigenvalue weighted by Gasteiger charge is -2.37. The van der Waals surface area contributed by atoms with Crippen molar-refractivity contribution in [3.63, 3.8) is 0 Å². The maximum absolute atomic E-state index is 12.5. The quantitative estimate of drug-likeness (QED) is 0.657. The number of rotatable bonds is 4. The average molecular weight is 263 g/mol. The number of hydrogen-bond acceptors (Lipinski definition) is 4. The van der Waals surface area contributed by atoms with Crippen LogP contribution in [0.1, 0.15) is 22.8 Å². The Morgan fingerprint density at radius 1 is 1.53 bits per heavy atom. The number of likely N-dealkylation sites (N-methyl/N-ethyl adjacent to an activating group) is 1. The molecule has 2 rings (SSSR count). The highest BCUT2D eigenvalue weighted by Crippen LogP contribution is 2.24. The molecule has 19 heavy (non-hydrogen) atoms. The van der Waals surface area contributed by atoms with Gasteiger partial charge in [0.15, 0.2) is 0 Å². The second kappa shape index (κ2) is 5.36. The van der Waals surface area contributed by atoms with E-state index in [2.05, 4.69) is 5.32 Å². The Kier molecular flexibility index (Phi) is 3.80. The third-order valence-corrected chi connectivity index (χ3v) is 3.46. The van der Waals surface area contributed by atoms with Gasteiger partial charge in [-0.25, -0.2) is 0 Å². The molecule has 1 heterocycles. The standard InChI is InChI=1S/C13H17N3O3/c1-3-15(10-7-14-8-10)13(17)12-9(2)5-4-6-11(12)16(18)19/h4-6,10,14H,3,7-8H2,1-2H3. The van der Waals surface area contributed by atoms with Gasteiger partial charge in [0, 0.05) is 25.7 Å². The first-order chi connectivity index (χ1) is 9.06. The van der Waals surface area contributed by atoms with Crippen molar-refractivity contribution < 1.29 is 9.72 Å². The van der Waals surface area contributed by atoms with Crippen LogP contribution in [-0.4, -0.2) is 41.4 Å². The van der Waals surface area contributed by atoms with Crippen LogP contribution in [-0.2, 0) is 0 Å². The number of carbonyl (C=O) groups is 1. The van der Waals surface area contributed by atoms with Crippen LogP contribution in [0.4, 0.5) is 5.69 Å². The van der Waals surface area contributed by atoms with Gasteiger partial charge in [0.2, 0.25) is 0 Å². The fraction of sp³-hybridized carbons (Fsp3) is 0.462. The van der Waals surface area contributed by atoms with Crippen LogP contribution in [0.15, 0.2) is 18.2 Å². The van der Waals surface area contributed by atoms with Gasteiger partial charge < -0.3 is 10.2 Å². The van der Waals surface area contributed by atoms with Crippen LogP contribution in [0.5, 0.6) is 0 Å². The second-order valence-electron chi connectivity index (χ2n) is 4.63. The number of nitrogens with one attached hydrogen (secondary N) is 1. The number of benzene rings is 1. The molecule has 0 unspecified atom stereocenters. The van der Waals surface area contributed by atoms with Crippen LogP contribution in [0, 0.1) is 17.0 Å². The number of nitro benzene ring substituents is 1. The van der Waals surface area contributed by atoms with Crippen LogP contribution in [0.3, 0.4) is 0 Å². The number of amides is 1. The Balaban J connectivity index is 2.39. The summed E-state index contributed by atoms with van der Waals surface area (Å²) in [5.74, 6) is -0.251. The summed E-state index contributed by atoms with van der Waals surface area (Å²) in [6.07, 6.45) is 0. The van der Waals surface area contributed by atoms with Gasteiger partial charge in [-0.15, -0.1) is 0 Å². The largest absolute Gasteiger partial charge is 0.333 e. The molecular weight excluding hydrogens is 246 g/mol. The van der Waals surface area contributed by atoms with Crippen LogP contribution < -0.4 is 5.32 Å². The average Bonchev–Trinajstić information content (AvgIpc) is 2.32. The van der Waals surface area contributed by atoms with E-state index in [9.17, 15) is 14.9 Å². The van der Waals surface area contributed by atoms with E-state index in [0.717, 1.165) is 13.1 Å². The monoisotopic (exact) mass is 263 g/mol. The van der Waals surface area contributed by atoms with Crippen molar-refractivity contribution in [2.75, 3.05) is 19.6 Å². The van der Waals surface area contributed by atoms with E-state index >= 15 is 0 Å². The van der Waals surface area contributed by atoms with E-state index in [0.29, 0.717) is 12.1 Å². The SMILES string of the molecule is CCN(C(=O)c1c(C)cccc1[N+](=O)[O-])C1CNC1. The highest BCUT2D eigenvalue weighted by molar-refractivity contribution is 5.99. The number of aryl methyl sites for hydroxylation is 1. The molecule has 102 valence electrons. The lowest BCUT2D eigenvalue weighted by molar-refractivity contribution is -0.385. The van der Waals surface area contributed by atoms with E-state index < -0.39 is 4.92 Å². The van der Waals surface area contributed by atoms with Gasteiger partial charge >= 0.3 is 0 Å². The highest BCUT2D eigenvalue weighted by atomic mass is 16.6. The van der Waals surface area contributed by atoms with Crippen molar-refractivity contribution in [1.82, 2.24) is 10.2 Å². The molecule has 0 bridgehead atoms. The molecule has 1 aromatic rings. The highest BCUT2D eigenvalue weighted by Gasteiger charge is 2.32. The Morgan fingerprint density at radius 3 is 2.68 bits per heavy atom. The van der Waals surface area contributed by atoms with Crippen LogP contribution >= 0.6 is 0 Å². The molecule has 6 nitrogen and oxygen atoms in total. The van der Waals surface area contributed by atoms with Gasteiger partial charge in [0.1, 0.15) is 5.56 Å². The maximum Gasteiger partial charge on any atom is 0.282 e. The van der Waals surface area contributed by atoms with Gasteiger partial charge in [-0.1, -0.05) is 12.1 Å². The van der Waals surface area contributed by atoms with E-state index in [1.807, 2.05) is 6.92 Å². The first-order valence-corrected chi connectivity index (χ1v) is 6.32. The van der Waals surface area contributed by atoms with Crippen molar-refractivity contribution in [3.8, 4) is 0 Å².